The topological polar surface area (TPSA) is 41.5 Å². The van der Waals surface area contributed by atoms with Gasteiger partial charge in [-0.25, -0.2) is 0 Å². The van der Waals surface area contributed by atoms with E-state index in [1.807, 2.05) is 13.8 Å². The molecule has 13 heavy (non-hydrogen) atoms. The molecule has 1 fully saturated rings. The van der Waals surface area contributed by atoms with Crippen LogP contribution >= 0.6 is 0 Å². The Hall–Kier alpha value is -0.120. The Bertz CT molecular complexity index is 139. The van der Waals surface area contributed by atoms with E-state index in [0.717, 1.165) is 13.0 Å². The van der Waals surface area contributed by atoms with Crippen molar-refractivity contribution in [2.24, 2.45) is 0 Å². The summed E-state index contributed by atoms with van der Waals surface area (Å²) in [6, 6.07) is 0.130. The highest BCUT2D eigenvalue weighted by molar-refractivity contribution is 4.80. The monoisotopic (exact) mass is 187 g/mol. The predicted octanol–water partition coefficient (Wildman–Crippen LogP) is 0.914. The smallest absolute Gasteiger partial charge is 0.0753 e. The minimum Gasteiger partial charge on any atom is -0.395 e. The van der Waals surface area contributed by atoms with E-state index in [2.05, 4.69) is 5.32 Å². The number of nitrogens with one attached hydrogen (secondary N) is 1. The normalized spacial score (nSPS) is 30.5. The van der Waals surface area contributed by atoms with Crippen LogP contribution in [-0.2, 0) is 4.74 Å². The first-order valence-electron chi connectivity index (χ1n) is 5.23. The summed E-state index contributed by atoms with van der Waals surface area (Å²) in [6.07, 6.45) is 3.89. The van der Waals surface area contributed by atoms with Gasteiger partial charge in [0.1, 0.15) is 0 Å². The highest BCUT2D eigenvalue weighted by atomic mass is 16.5. The van der Waals surface area contributed by atoms with Crippen molar-refractivity contribution in [2.45, 2.75) is 51.4 Å². The summed E-state index contributed by atoms with van der Waals surface area (Å²) in [5, 5.41) is 12.5. The van der Waals surface area contributed by atoms with Crippen molar-refractivity contribution in [3.63, 3.8) is 0 Å². The molecule has 0 radical (unpaired) electrons. The number of ether oxygens (including phenoxy) is 1. The molecule has 0 aliphatic carbocycles. The third kappa shape index (κ3) is 3.63. The van der Waals surface area contributed by atoms with Gasteiger partial charge in [0.15, 0.2) is 0 Å². The molecular weight excluding hydrogens is 166 g/mol. The van der Waals surface area contributed by atoms with Crippen LogP contribution < -0.4 is 5.32 Å². The van der Waals surface area contributed by atoms with Crippen molar-refractivity contribution in [3.8, 4) is 0 Å². The molecule has 0 saturated carbocycles. The zero-order chi connectivity index (χ0) is 9.68. The fraction of sp³-hybridized carbons (Fsp3) is 1.00. The first-order valence-corrected chi connectivity index (χ1v) is 5.23. The van der Waals surface area contributed by atoms with Crippen LogP contribution in [0.3, 0.4) is 0 Å². The molecule has 3 nitrogen and oxygen atoms in total. The molecule has 1 aliphatic heterocycles. The van der Waals surface area contributed by atoms with Crippen LogP contribution in [0, 0.1) is 0 Å². The molecule has 2 N–H and O–H groups in total. The van der Waals surface area contributed by atoms with Gasteiger partial charge in [-0.15, -0.1) is 0 Å². The van der Waals surface area contributed by atoms with Crippen LogP contribution in [0.5, 0.6) is 0 Å². The first kappa shape index (κ1) is 11.0. The van der Waals surface area contributed by atoms with Crippen molar-refractivity contribution < 1.29 is 9.84 Å². The lowest BCUT2D eigenvalue weighted by atomic mass is 10.1. The average Bonchev–Trinajstić information content (AvgIpc) is 2.28. The van der Waals surface area contributed by atoms with E-state index < -0.39 is 0 Å². The van der Waals surface area contributed by atoms with Crippen molar-refractivity contribution in [2.75, 3.05) is 13.2 Å². The molecule has 1 rings (SSSR count). The second-order valence-corrected chi connectivity index (χ2v) is 3.96. The van der Waals surface area contributed by atoms with Crippen LogP contribution in [0.2, 0.25) is 0 Å². The predicted molar refractivity (Wildman–Crippen MR) is 52.7 cm³/mol. The van der Waals surface area contributed by atoms with Gasteiger partial charge in [-0.2, -0.15) is 0 Å². The average molecular weight is 187 g/mol. The van der Waals surface area contributed by atoms with Crippen molar-refractivity contribution in [3.05, 3.63) is 0 Å². The van der Waals surface area contributed by atoms with E-state index in [-0.39, 0.29) is 24.9 Å². The van der Waals surface area contributed by atoms with Crippen LogP contribution in [0.4, 0.5) is 0 Å². The van der Waals surface area contributed by atoms with E-state index in [1.165, 1.54) is 12.8 Å². The lowest BCUT2D eigenvalue weighted by molar-refractivity contribution is -0.0254. The van der Waals surface area contributed by atoms with Gasteiger partial charge >= 0.3 is 0 Å². The molecule has 0 aromatic heterocycles. The Morgan fingerprint density at radius 3 is 2.85 bits per heavy atom. The zero-order valence-corrected chi connectivity index (χ0v) is 8.62. The van der Waals surface area contributed by atoms with E-state index in [1.54, 1.807) is 0 Å². The summed E-state index contributed by atoms with van der Waals surface area (Å²) in [6.45, 7) is 5.26. The SMILES string of the molecule is CC(C)O[C@@H]1CCCCN[C@H]1CO. The standard InChI is InChI=1S/C10H21NO2/c1-8(2)13-10-5-3-4-6-11-9(10)7-12/h8-12H,3-7H2,1-2H3/t9-,10+/m0/s1. The molecule has 1 saturated heterocycles. The lowest BCUT2D eigenvalue weighted by Gasteiger charge is -2.26. The molecular formula is C10H21NO2. The van der Waals surface area contributed by atoms with Gasteiger partial charge in [0.2, 0.25) is 0 Å². The molecule has 1 aliphatic rings. The van der Waals surface area contributed by atoms with Gasteiger partial charge in [0.25, 0.3) is 0 Å². The number of aliphatic hydroxyl groups is 1. The summed E-state index contributed by atoms with van der Waals surface area (Å²) < 4.78 is 5.75. The molecule has 1 heterocycles. The number of hydrogen-bond acceptors (Lipinski definition) is 3. The molecule has 3 heteroatoms. The van der Waals surface area contributed by atoms with E-state index in [9.17, 15) is 0 Å². The van der Waals surface area contributed by atoms with Crippen LogP contribution in [-0.4, -0.2) is 36.5 Å². The Kier molecular flexibility index (Phi) is 4.70. The molecule has 2 atom stereocenters. The summed E-state index contributed by atoms with van der Waals surface area (Å²) in [7, 11) is 0. The molecule has 0 spiro atoms. The highest BCUT2D eigenvalue weighted by Gasteiger charge is 2.23. The van der Waals surface area contributed by atoms with Crippen LogP contribution in [0.15, 0.2) is 0 Å². The summed E-state index contributed by atoms with van der Waals surface area (Å²) in [5.41, 5.74) is 0. The summed E-state index contributed by atoms with van der Waals surface area (Å²) in [4.78, 5) is 0. The van der Waals surface area contributed by atoms with Gasteiger partial charge < -0.3 is 15.2 Å². The Labute approximate surface area is 80.5 Å². The van der Waals surface area contributed by atoms with Gasteiger partial charge in [-0.3, -0.25) is 0 Å². The minimum atomic E-state index is 0.130. The van der Waals surface area contributed by atoms with Gasteiger partial charge in [-0.05, 0) is 39.7 Å². The number of rotatable bonds is 3. The van der Waals surface area contributed by atoms with Crippen LogP contribution in [0.1, 0.15) is 33.1 Å². The summed E-state index contributed by atoms with van der Waals surface area (Å²) in [5.74, 6) is 0. The maximum absolute atomic E-state index is 9.16. The largest absolute Gasteiger partial charge is 0.395 e. The van der Waals surface area contributed by atoms with E-state index in [4.69, 9.17) is 9.84 Å². The zero-order valence-electron chi connectivity index (χ0n) is 8.62. The molecule has 78 valence electrons. The van der Waals surface area contributed by atoms with Gasteiger partial charge in [0.05, 0.1) is 24.9 Å². The molecule has 0 amide bonds. The van der Waals surface area contributed by atoms with Gasteiger partial charge in [-0.1, -0.05) is 0 Å². The Morgan fingerprint density at radius 1 is 1.46 bits per heavy atom. The Morgan fingerprint density at radius 2 is 2.23 bits per heavy atom. The second-order valence-electron chi connectivity index (χ2n) is 3.96. The second kappa shape index (κ2) is 5.58. The lowest BCUT2D eigenvalue weighted by Crippen LogP contribution is -2.43. The van der Waals surface area contributed by atoms with Crippen molar-refractivity contribution in [1.82, 2.24) is 5.32 Å². The maximum Gasteiger partial charge on any atom is 0.0753 e. The van der Waals surface area contributed by atoms with Crippen molar-refractivity contribution >= 4 is 0 Å². The third-order valence-corrected chi connectivity index (χ3v) is 2.41. The molecule has 0 aromatic rings. The highest BCUT2D eigenvalue weighted by Crippen LogP contribution is 2.14. The van der Waals surface area contributed by atoms with Gasteiger partial charge in [0, 0.05) is 0 Å². The maximum atomic E-state index is 9.16. The quantitative estimate of drug-likeness (QED) is 0.690. The van der Waals surface area contributed by atoms with Crippen LogP contribution in [0.25, 0.3) is 0 Å². The molecule has 0 unspecified atom stereocenters. The molecule has 0 aromatic carbocycles. The van der Waals surface area contributed by atoms with Crippen molar-refractivity contribution in [1.29, 1.82) is 0 Å². The Balaban J connectivity index is 2.44. The number of aliphatic hydroxyl groups excluding tert-OH is 1. The third-order valence-electron chi connectivity index (χ3n) is 2.41. The molecule has 0 bridgehead atoms. The van der Waals surface area contributed by atoms with E-state index in [0.29, 0.717) is 0 Å². The number of hydrogen-bond donors (Lipinski definition) is 2. The first-order chi connectivity index (χ1) is 6.24. The van der Waals surface area contributed by atoms with E-state index >= 15 is 0 Å². The minimum absolute atomic E-state index is 0.130. The fourth-order valence-corrected chi connectivity index (χ4v) is 1.79. The summed E-state index contributed by atoms with van der Waals surface area (Å²) >= 11 is 0. The fourth-order valence-electron chi connectivity index (χ4n) is 1.79.